The van der Waals surface area contributed by atoms with Crippen LogP contribution >= 0.6 is 11.3 Å². The summed E-state index contributed by atoms with van der Waals surface area (Å²) < 4.78 is 5.04. The summed E-state index contributed by atoms with van der Waals surface area (Å²) in [5, 5.41) is 3.93. The second-order valence-electron chi connectivity index (χ2n) is 3.39. The number of ether oxygens (including phenoxy) is 1. The normalized spacial score (nSPS) is 10.4. The maximum atomic E-state index is 11.2. The number of thiophene rings is 1. The van der Waals surface area contributed by atoms with Crippen LogP contribution in [-0.2, 0) is 16.0 Å². The molecule has 0 bridgehead atoms. The van der Waals surface area contributed by atoms with Gasteiger partial charge in [0.2, 0.25) is 0 Å². The number of hydrogen-bond acceptors (Lipinski definition) is 3. The smallest absolute Gasteiger partial charge is 0.310 e. The number of hydrogen-bond donors (Lipinski definition) is 0. The lowest BCUT2D eigenvalue weighted by atomic mass is 10.2. The Kier molecular flexibility index (Phi) is 3.96. The minimum absolute atomic E-state index is 0.132. The lowest BCUT2D eigenvalue weighted by molar-refractivity contribution is -0.143. The van der Waals surface area contributed by atoms with E-state index in [4.69, 9.17) is 4.74 Å². The Labute approximate surface area is 82.5 Å². The van der Waals surface area contributed by atoms with Crippen LogP contribution in [0.25, 0.3) is 0 Å². The molecule has 2 nitrogen and oxygen atoms in total. The van der Waals surface area contributed by atoms with E-state index in [-0.39, 0.29) is 5.97 Å². The van der Waals surface area contributed by atoms with Crippen molar-refractivity contribution in [1.82, 2.24) is 0 Å². The first-order chi connectivity index (χ1) is 6.18. The fourth-order valence-corrected chi connectivity index (χ4v) is 1.54. The predicted molar refractivity (Wildman–Crippen MR) is 53.8 cm³/mol. The van der Waals surface area contributed by atoms with Gasteiger partial charge in [-0.05, 0) is 28.3 Å². The average molecular weight is 198 g/mol. The van der Waals surface area contributed by atoms with Crippen molar-refractivity contribution >= 4 is 17.3 Å². The molecule has 0 N–H and O–H groups in total. The summed E-state index contributed by atoms with van der Waals surface area (Å²) in [5.41, 5.74) is 1.04. The standard InChI is InChI=1S/C10H14O2S/c1-8(2)6-12-10(11)5-9-3-4-13-7-9/h3-4,7-8H,5-6H2,1-2H3. The first-order valence-electron chi connectivity index (χ1n) is 4.35. The van der Waals surface area contributed by atoms with Crippen molar-refractivity contribution < 1.29 is 9.53 Å². The van der Waals surface area contributed by atoms with Gasteiger partial charge in [-0.25, -0.2) is 0 Å². The highest BCUT2D eigenvalue weighted by Gasteiger charge is 2.05. The molecule has 0 fully saturated rings. The fourth-order valence-electron chi connectivity index (χ4n) is 0.871. The first-order valence-corrected chi connectivity index (χ1v) is 5.29. The van der Waals surface area contributed by atoms with Gasteiger partial charge in [0.25, 0.3) is 0 Å². The Morgan fingerprint density at radius 2 is 2.38 bits per heavy atom. The average Bonchev–Trinajstić information content (AvgIpc) is 2.53. The second kappa shape index (κ2) is 5.02. The molecule has 0 amide bonds. The van der Waals surface area contributed by atoms with Crippen molar-refractivity contribution in [3.63, 3.8) is 0 Å². The van der Waals surface area contributed by atoms with E-state index in [1.807, 2.05) is 30.7 Å². The summed E-state index contributed by atoms with van der Waals surface area (Å²) in [6.07, 6.45) is 0.399. The zero-order valence-corrected chi connectivity index (χ0v) is 8.76. The Morgan fingerprint density at radius 3 is 2.92 bits per heavy atom. The molecule has 0 aliphatic carbocycles. The van der Waals surface area contributed by atoms with Gasteiger partial charge < -0.3 is 4.74 Å². The first kappa shape index (κ1) is 10.3. The van der Waals surface area contributed by atoms with Crippen molar-refractivity contribution in [1.29, 1.82) is 0 Å². The van der Waals surface area contributed by atoms with Crippen molar-refractivity contribution in [2.75, 3.05) is 6.61 Å². The van der Waals surface area contributed by atoms with Gasteiger partial charge in [0, 0.05) is 0 Å². The van der Waals surface area contributed by atoms with E-state index in [0.717, 1.165) is 5.56 Å². The van der Waals surface area contributed by atoms with Gasteiger partial charge in [0.15, 0.2) is 0 Å². The highest BCUT2D eigenvalue weighted by atomic mass is 32.1. The van der Waals surface area contributed by atoms with Gasteiger partial charge in [0.05, 0.1) is 13.0 Å². The van der Waals surface area contributed by atoms with Crippen molar-refractivity contribution in [2.45, 2.75) is 20.3 Å². The van der Waals surface area contributed by atoms with Crippen LogP contribution in [0.4, 0.5) is 0 Å². The minimum atomic E-state index is -0.132. The number of carbonyl (C=O) groups excluding carboxylic acids is 1. The van der Waals surface area contributed by atoms with Crippen LogP contribution in [0.2, 0.25) is 0 Å². The molecular weight excluding hydrogens is 184 g/mol. The molecule has 0 aromatic carbocycles. The number of carbonyl (C=O) groups is 1. The molecule has 0 aliphatic rings. The zero-order valence-electron chi connectivity index (χ0n) is 7.95. The second-order valence-corrected chi connectivity index (χ2v) is 4.17. The van der Waals surface area contributed by atoms with Crippen LogP contribution in [-0.4, -0.2) is 12.6 Å². The molecule has 1 rings (SSSR count). The van der Waals surface area contributed by atoms with Crippen LogP contribution in [0.5, 0.6) is 0 Å². The molecule has 0 aliphatic heterocycles. The van der Waals surface area contributed by atoms with Gasteiger partial charge >= 0.3 is 5.97 Å². The SMILES string of the molecule is CC(C)COC(=O)Cc1ccsc1. The molecule has 0 saturated carbocycles. The molecule has 1 heterocycles. The van der Waals surface area contributed by atoms with E-state index in [1.165, 1.54) is 0 Å². The largest absolute Gasteiger partial charge is 0.465 e. The molecule has 1 aromatic rings. The molecule has 0 saturated heterocycles. The minimum Gasteiger partial charge on any atom is -0.465 e. The summed E-state index contributed by atoms with van der Waals surface area (Å²) in [6.45, 7) is 4.57. The number of rotatable bonds is 4. The van der Waals surface area contributed by atoms with Gasteiger partial charge in [-0.1, -0.05) is 13.8 Å². The van der Waals surface area contributed by atoms with Crippen molar-refractivity contribution in [2.24, 2.45) is 5.92 Å². The molecular formula is C10H14O2S. The third-order valence-corrected chi connectivity index (χ3v) is 2.24. The Hall–Kier alpha value is -0.830. The lowest BCUT2D eigenvalue weighted by Crippen LogP contribution is -2.11. The van der Waals surface area contributed by atoms with Gasteiger partial charge in [-0.3, -0.25) is 4.79 Å². The molecule has 13 heavy (non-hydrogen) atoms. The van der Waals surface area contributed by atoms with Gasteiger partial charge in [0.1, 0.15) is 0 Å². The summed E-state index contributed by atoms with van der Waals surface area (Å²) in [6, 6.07) is 1.95. The molecule has 0 unspecified atom stereocenters. The fraction of sp³-hybridized carbons (Fsp3) is 0.500. The van der Waals surface area contributed by atoms with Gasteiger partial charge in [-0.15, -0.1) is 0 Å². The van der Waals surface area contributed by atoms with Gasteiger partial charge in [-0.2, -0.15) is 11.3 Å². The molecule has 0 spiro atoms. The van der Waals surface area contributed by atoms with Crippen LogP contribution in [0, 0.1) is 5.92 Å². The molecule has 72 valence electrons. The van der Waals surface area contributed by atoms with E-state index in [2.05, 4.69) is 0 Å². The van der Waals surface area contributed by atoms with E-state index >= 15 is 0 Å². The predicted octanol–water partition coefficient (Wildman–Crippen LogP) is 2.49. The highest BCUT2D eigenvalue weighted by molar-refractivity contribution is 7.07. The van der Waals surface area contributed by atoms with Crippen molar-refractivity contribution in [3.8, 4) is 0 Å². The Balaban J connectivity index is 2.26. The quantitative estimate of drug-likeness (QED) is 0.695. The summed E-state index contributed by atoms with van der Waals surface area (Å²) in [4.78, 5) is 11.2. The van der Waals surface area contributed by atoms with Crippen molar-refractivity contribution in [3.05, 3.63) is 22.4 Å². The molecule has 1 aromatic heterocycles. The van der Waals surface area contributed by atoms with Crippen LogP contribution in [0.15, 0.2) is 16.8 Å². The maximum absolute atomic E-state index is 11.2. The van der Waals surface area contributed by atoms with E-state index < -0.39 is 0 Å². The van der Waals surface area contributed by atoms with E-state index in [1.54, 1.807) is 11.3 Å². The maximum Gasteiger partial charge on any atom is 0.310 e. The van der Waals surface area contributed by atoms with Crippen LogP contribution < -0.4 is 0 Å². The summed E-state index contributed by atoms with van der Waals surface area (Å²) in [7, 11) is 0. The Bertz CT molecular complexity index is 252. The monoisotopic (exact) mass is 198 g/mol. The number of esters is 1. The Morgan fingerprint density at radius 1 is 1.62 bits per heavy atom. The third kappa shape index (κ3) is 4.08. The third-order valence-electron chi connectivity index (χ3n) is 1.51. The molecule has 3 heteroatoms. The summed E-state index contributed by atoms with van der Waals surface area (Å²) >= 11 is 1.60. The molecule has 0 radical (unpaired) electrons. The topological polar surface area (TPSA) is 26.3 Å². The summed E-state index contributed by atoms with van der Waals surface area (Å²) in [5.74, 6) is 0.276. The van der Waals surface area contributed by atoms with Crippen LogP contribution in [0.3, 0.4) is 0 Å². The molecule has 0 atom stereocenters. The zero-order chi connectivity index (χ0) is 9.68. The van der Waals surface area contributed by atoms with E-state index in [0.29, 0.717) is 18.9 Å². The lowest BCUT2D eigenvalue weighted by Gasteiger charge is -2.05. The highest BCUT2D eigenvalue weighted by Crippen LogP contribution is 2.07. The van der Waals surface area contributed by atoms with Crippen LogP contribution in [0.1, 0.15) is 19.4 Å². The van der Waals surface area contributed by atoms with E-state index in [9.17, 15) is 4.79 Å².